The summed E-state index contributed by atoms with van der Waals surface area (Å²) in [5.41, 5.74) is 2.91. The first-order valence-electron chi connectivity index (χ1n) is 5.63. The maximum absolute atomic E-state index is 2.41. The summed E-state index contributed by atoms with van der Waals surface area (Å²) < 4.78 is 0. The largest absolute Gasteiger partial charge is 0.0924 e. The summed E-state index contributed by atoms with van der Waals surface area (Å²) in [4.78, 5) is 0. The van der Waals surface area contributed by atoms with Gasteiger partial charge < -0.3 is 0 Å². The van der Waals surface area contributed by atoms with E-state index in [0.29, 0.717) is 5.04 Å². The molecule has 0 fully saturated rings. The predicted octanol–water partition coefficient (Wildman–Crippen LogP) is 3.16. The van der Waals surface area contributed by atoms with Crippen LogP contribution in [0.15, 0.2) is 30.4 Å². The van der Waals surface area contributed by atoms with Gasteiger partial charge in [-0.05, 0) is 42.9 Å². The molecule has 1 aromatic carbocycles. The molecular formula is C14H18Si. The molecule has 0 aromatic heterocycles. The van der Waals surface area contributed by atoms with Crippen LogP contribution in [0.5, 0.6) is 0 Å². The van der Waals surface area contributed by atoms with Gasteiger partial charge >= 0.3 is 0 Å². The van der Waals surface area contributed by atoms with Crippen molar-refractivity contribution in [3.05, 3.63) is 41.5 Å². The van der Waals surface area contributed by atoms with Gasteiger partial charge in [0.05, 0.1) is 9.52 Å². The molecule has 1 unspecified atom stereocenters. The number of hydrogen-bond donors (Lipinski definition) is 0. The highest BCUT2D eigenvalue weighted by molar-refractivity contribution is 6.58. The van der Waals surface area contributed by atoms with Crippen molar-refractivity contribution in [2.45, 2.75) is 38.7 Å². The van der Waals surface area contributed by atoms with Gasteiger partial charge in [-0.3, -0.25) is 0 Å². The summed E-state index contributed by atoms with van der Waals surface area (Å²) in [5, 5.41) is 1.97. The molecule has 0 N–H and O–H groups in total. The molecular weight excluding hydrogens is 196 g/mol. The van der Waals surface area contributed by atoms with Crippen LogP contribution >= 0.6 is 0 Å². The maximum Gasteiger partial charge on any atom is 0.0924 e. The van der Waals surface area contributed by atoms with Crippen molar-refractivity contribution < 1.29 is 0 Å². The van der Waals surface area contributed by atoms with Crippen LogP contribution in [0.4, 0.5) is 0 Å². The monoisotopic (exact) mass is 214 g/mol. The van der Waals surface area contributed by atoms with Crippen molar-refractivity contribution in [3.63, 3.8) is 0 Å². The predicted molar refractivity (Wildman–Crippen MR) is 68.0 cm³/mol. The van der Waals surface area contributed by atoms with Gasteiger partial charge in [0.15, 0.2) is 0 Å². The molecule has 0 saturated carbocycles. The second-order valence-electron chi connectivity index (χ2n) is 4.73. The van der Waals surface area contributed by atoms with E-state index in [1.807, 2.05) is 0 Å². The van der Waals surface area contributed by atoms with Crippen LogP contribution in [0.1, 0.15) is 30.9 Å². The highest BCUT2D eigenvalue weighted by Gasteiger charge is 2.25. The van der Waals surface area contributed by atoms with Crippen LogP contribution < -0.4 is 5.19 Å². The van der Waals surface area contributed by atoms with Crippen molar-refractivity contribution in [2.75, 3.05) is 0 Å². The quantitative estimate of drug-likeness (QED) is 0.524. The summed E-state index contributed by atoms with van der Waals surface area (Å²) in [6.07, 6.45) is 7.32. The molecule has 15 heavy (non-hydrogen) atoms. The Morgan fingerprint density at radius 2 is 2.07 bits per heavy atom. The van der Waals surface area contributed by atoms with Gasteiger partial charge in [-0.25, -0.2) is 0 Å². The number of aryl methyl sites for hydroxylation is 1. The molecule has 0 spiro atoms. The fourth-order valence-corrected chi connectivity index (χ4v) is 3.76. The molecule has 1 aliphatic carbocycles. The smallest absolute Gasteiger partial charge is 0.0883 e. The first-order valence-corrected chi connectivity index (χ1v) is 6.63. The van der Waals surface area contributed by atoms with E-state index in [0.717, 1.165) is 9.52 Å². The number of rotatable bonds is 2. The molecule has 0 amide bonds. The summed E-state index contributed by atoms with van der Waals surface area (Å²) >= 11 is 0. The van der Waals surface area contributed by atoms with Gasteiger partial charge in [0, 0.05) is 0 Å². The second kappa shape index (κ2) is 3.97. The van der Waals surface area contributed by atoms with Crippen LogP contribution in [0, 0.1) is 13.8 Å². The highest BCUT2D eigenvalue weighted by Crippen LogP contribution is 2.37. The van der Waals surface area contributed by atoms with Crippen LogP contribution in [0.25, 0.3) is 0 Å². The Balaban J connectivity index is 2.24. The number of hydrogen-bond acceptors (Lipinski definition) is 0. The van der Waals surface area contributed by atoms with E-state index in [1.165, 1.54) is 24.0 Å². The SMILES string of the molecule is Cc1cccc([Si]C2(C)C=CCC2)c1C. The first-order chi connectivity index (χ1) is 7.11. The molecule has 78 valence electrons. The minimum absolute atomic E-state index is 0.429. The lowest BCUT2D eigenvalue weighted by atomic mass is 10.1. The van der Waals surface area contributed by atoms with Gasteiger partial charge in [-0.15, -0.1) is 0 Å². The fraction of sp³-hybridized carbons (Fsp3) is 0.429. The third-order valence-corrected chi connectivity index (χ3v) is 5.14. The third-order valence-electron chi connectivity index (χ3n) is 3.34. The van der Waals surface area contributed by atoms with Crippen LogP contribution in [0.2, 0.25) is 5.04 Å². The lowest BCUT2D eigenvalue weighted by molar-refractivity contribution is 0.720. The molecule has 2 radical (unpaired) electrons. The summed E-state index contributed by atoms with van der Waals surface area (Å²) in [5.74, 6) is 0. The zero-order valence-corrected chi connectivity index (χ0v) is 10.8. The number of benzene rings is 1. The van der Waals surface area contributed by atoms with E-state index in [2.05, 4.69) is 51.1 Å². The van der Waals surface area contributed by atoms with E-state index in [9.17, 15) is 0 Å². The molecule has 0 aliphatic heterocycles. The normalized spacial score (nSPS) is 24.7. The molecule has 1 aromatic rings. The molecule has 0 nitrogen and oxygen atoms in total. The van der Waals surface area contributed by atoms with Gasteiger partial charge in [0.1, 0.15) is 0 Å². The van der Waals surface area contributed by atoms with Crippen molar-refractivity contribution in [1.29, 1.82) is 0 Å². The molecule has 1 heteroatoms. The molecule has 0 heterocycles. The molecule has 0 saturated heterocycles. The van der Waals surface area contributed by atoms with Crippen molar-refractivity contribution in [2.24, 2.45) is 0 Å². The molecule has 1 atom stereocenters. The van der Waals surface area contributed by atoms with E-state index >= 15 is 0 Å². The molecule has 2 rings (SSSR count). The average Bonchev–Trinajstić information content (AvgIpc) is 2.60. The molecule has 1 aliphatic rings. The van der Waals surface area contributed by atoms with Crippen molar-refractivity contribution >= 4 is 14.7 Å². The highest BCUT2D eigenvalue weighted by atomic mass is 28.2. The lowest BCUT2D eigenvalue weighted by Crippen LogP contribution is -2.27. The topological polar surface area (TPSA) is 0 Å². The minimum Gasteiger partial charge on any atom is -0.0883 e. The van der Waals surface area contributed by atoms with Crippen molar-refractivity contribution in [1.82, 2.24) is 0 Å². The Bertz CT molecular complexity index is 392. The Morgan fingerprint density at radius 3 is 2.73 bits per heavy atom. The van der Waals surface area contributed by atoms with Crippen LogP contribution in [-0.4, -0.2) is 9.52 Å². The second-order valence-corrected chi connectivity index (χ2v) is 6.66. The Kier molecular flexibility index (Phi) is 2.83. The van der Waals surface area contributed by atoms with Crippen LogP contribution in [-0.2, 0) is 0 Å². The fourth-order valence-electron chi connectivity index (χ4n) is 2.11. The first kappa shape index (κ1) is 10.7. The van der Waals surface area contributed by atoms with E-state index in [-0.39, 0.29) is 0 Å². The Labute approximate surface area is 95.2 Å². The van der Waals surface area contributed by atoms with E-state index in [4.69, 9.17) is 0 Å². The molecule has 0 bridgehead atoms. The summed E-state index contributed by atoms with van der Waals surface area (Å²) in [7, 11) is 0.919. The standard InChI is InChI=1S/C14H18Si/c1-11-7-6-8-13(12(11)2)15-14(3)9-4-5-10-14/h4,6-9H,5,10H2,1-3H3. The van der Waals surface area contributed by atoms with Crippen LogP contribution in [0.3, 0.4) is 0 Å². The van der Waals surface area contributed by atoms with E-state index in [1.54, 1.807) is 5.19 Å². The average molecular weight is 214 g/mol. The van der Waals surface area contributed by atoms with Gasteiger partial charge in [-0.1, -0.05) is 42.5 Å². The third kappa shape index (κ3) is 2.23. The summed E-state index contributed by atoms with van der Waals surface area (Å²) in [6.45, 7) is 6.84. The maximum atomic E-state index is 2.41. The Morgan fingerprint density at radius 1 is 1.27 bits per heavy atom. The van der Waals surface area contributed by atoms with E-state index < -0.39 is 0 Å². The summed E-state index contributed by atoms with van der Waals surface area (Å²) in [6, 6.07) is 6.68. The minimum atomic E-state index is 0.429. The van der Waals surface area contributed by atoms with Crippen molar-refractivity contribution in [3.8, 4) is 0 Å². The zero-order chi connectivity index (χ0) is 10.9. The van der Waals surface area contributed by atoms with Gasteiger partial charge in [-0.2, -0.15) is 0 Å². The van der Waals surface area contributed by atoms with Gasteiger partial charge in [0.2, 0.25) is 0 Å². The zero-order valence-electron chi connectivity index (χ0n) is 9.80. The Hall–Kier alpha value is -0.823. The number of allylic oxidation sites excluding steroid dienone is 2. The van der Waals surface area contributed by atoms with Gasteiger partial charge in [0.25, 0.3) is 0 Å². The lowest BCUT2D eigenvalue weighted by Gasteiger charge is -2.22.